The van der Waals surface area contributed by atoms with E-state index in [1.165, 1.54) is 42.0 Å². The van der Waals surface area contributed by atoms with Crippen LogP contribution in [0.5, 0.6) is 0 Å². The Kier molecular flexibility index (Phi) is 34.7. The van der Waals surface area contributed by atoms with Crippen LogP contribution in [0.4, 0.5) is 115 Å². The van der Waals surface area contributed by atoms with Crippen molar-refractivity contribution in [2.24, 2.45) is 0 Å². The highest BCUT2D eigenvalue weighted by molar-refractivity contribution is 7.90. The fourth-order valence-electron chi connectivity index (χ4n) is 18.5. The molecule has 2 atom stereocenters. The van der Waals surface area contributed by atoms with E-state index in [4.69, 9.17) is 0 Å². The van der Waals surface area contributed by atoms with E-state index in [2.05, 4.69) is 196 Å². The summed E-state index contributed by atoms with van der Waals surface area (Å²) in [7, 11) is -7.82. The molecule has 8 aromatic carbocycles. The summed E-state index contributed by atoms with van der Waals surface area (Å²) < 4.78 is 113. The van der Waals surface area contributed by atoms with Crippen molar-refractivity contribution in [2.45, 2.75) is 176 Å². The number of nitrogens with one attached hydrogen (secondary N) is 10. The number of sulfonamides is 4. The molecule has 35 nitrogen and oxygen atoms in total. The van der Waals surface area contributed by atoms with Gasteiger partial charge in [0.1, 0.15) is 23.3 Å². The molecule has 0 spiro atoms. The summed E-state index contributed by atoms with van der Waals surface area (Å²) in [4.78, 5) is 53.9. The normalized spacial score (nSPS) is 17.6. The second-order valence-electron chi connectivity index (χ2n) is 39.8. The molecule has 6 aliphatic heterocycles. The SMILES string of the molecule is Cc1cnc(Nc2ccc(N3CCCCC3)cc2)nc1Nc1cccc(S(=O)(=O)NC(C)(C)C)c1.Cc1cnc(Nc2ccc(N3CCN(C)CC3)cc2)nc1Nc1cccc(S(=O)(=O)N2C(C)CCC2C)c1.Cc1cnc(Nc2ccc(N3CCN(C)CC3)cc2)nc1Nc1cccc(S(=O)(=O)N2CCCC2)c1.Cc1cnc(Nc2ccc(N3CCN(C)CC3)cc2)nc1Nc1cccc(S(=O)(=O)NC2CCCC2)c1. The van der Waals surface area contributed by atoms with Gasteiger partial charge in [0.05, 0.1) is 19.6 Å². The molecule has 774 valence electrons. The third-order valence-corrected chi connectivity index (χ3v) is 34.3. The molecule has 10 heterocycles. The van der Waals surface area contributed by atoms with E-state index < -0.39 is 45.6 Å². The summed E-state index contributed by atoms with van der Waals surface area (Å²) >= 11 is 0. The van der Waals surface area contributed by atoms with Crippen molar-refractivity contribution in [3.05, 3.63) is 241 Å². The topological polar surface area (TPSA) is 389 Å². The first-order chi connectivity index (χ1) is 70.0. The van der Waals surface area contributed by atoms with Crippen molar-refractivity contribution in [3.8, 4) is 0 Å². The second kappa shape index (κ2) is 47.8. The van der Waals surface area contributed by atoms with Crippen molar-refractivity contribution in [1.29, 1.82) is 0 Å². The number of nitrogens with zero attached hydrogens (tertiary/aromatic N) is 17. The summed E-state index contributed by atoms with van der Waals surface area (Å²) in [5, 5.41) is 26.2. The second-order valence-corrected chi connectivity index (χ2v) is 47.0. The summed E-state index contributed by atoms with van der Waals surface area (Å²) in [5.41, 5.74) is 13.9. The Balaban J connectivity index is 0.000000139. The lowest BCUT2D eigenvalue weighted by Gasteiger charge is -2.34. The monoisotopic (exact) mass is 2060 g/mol. The number of likely N-dealkylation sites (N-methyl/N-ethyl adjacent to an activating group) is 3. The molecule has 19 rings (SSSR count). The molecular weight excluding hydrogens is 1920 g/mol. The van der Waals surface area contributed by atoms with Crippen molar-refractivity contribution in [3.63, 3.8) is 0 Å². The predicted molar refractivity (Wildman–Crippen MR) is 588 cm³/mol. The maximum atomic E-state index is 13.4. The van der Waals surface area contributed by atoms with Crippen LogP contribution >= 0.6 is 0 Å². The minimum Gasteiger partial charge on any atom is -0.372 e. The average molecular weight is 2060 g/mol. The van der Waals surface area contributed by atoms with Crippen LogP contribution in [0.15, 0.2) is 238 Å². The van der Waals surface area contributed by atoms with Crippen LogP contribution in [0.2, 0.25) is 0 Å². The minimum absolute atomic E-state index is 0.0000190. The fourth-order valence-corrected chi connectivity index (χ4v) is 24.8. The van der Waals surface area contributed by atoms with Gasteiger partial charge in [0.15, 0.2) is 0 Å². The molecule has 10 N–H and O–H groups in total. The molecule has 0 bridgehead atoms. The van der Waals surface area contributed by atoms with Crippen LogP contribution in [0.1, 0.15) is 128 Å². The summed E-state index contributed by atoms with van der Waals surface area (Å²) in [5.74, 6) is 4.32. The summed E-state index contributed by atoms with van der Waals surface area (Å²) in [6.45, 7) is 33.0. The number of piperazine rings is 3. The quantitative estimate of drug-likeness (QED) is 0.0208. The molecule has 6 saturated heterocycles. The van der Waals surface area contributed by atoms with E-state index in [1.54, 1.807) is 106 Å². The largest absolute Gasteiger partial charge is 0.372 e. The van der Waals surface area contributed by atoms with E-state index in [-0.39, 0.29) is 32.8 Å². The van der Waals surface area contributed by atoms with Crippen LogP contribution in [0.3, 0.4) is 0 Å². The number of hydrogen-bond donors (Lipinski definition) is 10. The van der Waals surface area contributed by atoms with Gasteiger partial charge in [-0.15, -0.1) is 0 Å². The summed E-state index contributed by atoms with van der Waals surface area (Å²) in [6, 6.07) is 60.7. The molecule has 12 aromatic rings. The fraction of sp³-hybridized carbons (Fsp3) is 0.402. The zero-order valence-corrected chi connectivity index (χ0v) is 88.9. The smallest absolute Gasteiger partial charge is 0.243 e. The van der Waals surface area contributed by atoms with E-state index in [9.17, 15) is 33.7 Å². The molecular formula is C107H139N27O8S4. The standard InChI is InChI=1S/C28H37N7O2S.C27H35N7O2S.C26H33N7O2S.C26H34N6O2S/c1-20-19-29-28(31-23-10-12-25(13-11-23)34-16-14-33(4)15-17-34)32-27(20)30-24-6-5-7-26(18-24)38(36,37)35-21(2)8-9-22(35)3;1-20-19-28-27(30-21-10-12-24(13-11-21)34-16-14-33(2)15-17-34)31-26(20)29-23-8-5-9-25(18-23)37(35,36)32-22-6-3-4-7-22;1-20-19-27-26(29-21-8-10-23(11-9-21)32-16-14-31(2)15-17-32)30-25(20)28-22-6-5-7-24(18-22)36(34,35)33-12-3-4-13-33;1-19-18-27-25(29-20-11-13-22(14-12-20)32-15-6-5-7-16-32)30-24(19)28-21-9-8-10-23(17-21)35(33,34)31-26(2,3)4/h5-7,10-13,18-19,21-22H,8-9,14-17H2,1-4H3,(H2,29,30,31,32);5,8-13,18-19,22,32H,3-4,6-7,14-17H2,1-2H3,(H2,28,29,30,31);5-11,18-19H,3-4,12-17H2,1-2H3,(H2,27,28,29,30);8-14,17-18,31H,5-7,15-16H2,1-4H3,(H2,27,28,29,30). The number of piperidine rings is 1. The lowest BCUT2D eigenvalue weighted by Crippen LogP contribution is -2.44. The van der Waals surface area contributed by atoms with Crippen molar-refractivity contribution in [2.75, 3.05) is 188 Å². The Morgan fingerprint density at radius 2 is 0.575 bits per heavy atom. The molecule has 0 amide bonds. The van der Waals surface area contributed by atoms with Gasteiger partial charge in [-0.25, -0.2) is 63.1 Å². The lowest BCUT2D eigenvalue weighted by atomic mass is 10.1. The van der Waals surface area contributed by atoms with Crippen LogP contribution in [-0.2, 0) is 40.1 Å². The Morgan fingerprint density at radius 3 is 0.890 bits per heavy atom. The van der Waals surface area contributed by atoms with E-state index >= 15 is 0 Å². The maximum absolute atomic E-state index is 13.4. The first-order valence-corrected chi connectivity index (χ1v) is 56.3. The van der Waals surface area contributed by atoms with Gasteiger partial charge in [0.2, 0.25) is 63.9 Å². The summed E-state index contributed by atoms with van der Waals surface area (Å²) in [6.07, 6.45) is 18.3. The van der Waals surface area contributed by atoms with Gasteiger partial charge in [0, 0.05) is 244 Å². The molecule has 1 saturated carbocycles. The Morgan fingerprint density at radius 1 is 0.295 bits per heavy atom. The van der Waals surface area contributed by atoms with Gasteiger partial charge >= 0.3 is 0 Å². The van der Waals surface area contributed by atoms with E-state index in [1.807, 2.05) is 135 Å². The zero-order chi connectivity index (χ0) is 103. The van der Waals surface area contributed by atoms with Crippen molar-refractivity contribution < 1.29 is 33.7 Å². The third kappa shape index (κ3) is 28.5. The molecule has 2 unspecified atom stereocenters. The molecule has 4 aromatic heterocycles. The van der Waals surface area contributed by atoms with Crippen molar-refractivity contribution >= 4 is 155 Å². The van der Waals surface area contributed by atoms with Gasteiger partial charge < -0.3 is 76.8 Å². The van der Waals surface area contributed by atoms with Crippen LogP contribution in [0.25, 0.3) is 0 Å². The first-order valence-electron chi connectivity index (χ1n) is 50.5. The van der Waals surface area contributed by atoms with Gasteiger partial charge in [-0.05, 0) is 311 Å². The maximum Gasteiger partial charge on any atom is 0.243 e. The Labute approximate surface area is 861 Å². The average Bonchev–Trinajstić information content (AvgIpc) is 1.57. The molecule has 1 aliphatic carbocycles. The lowest BCUT2D eigenvalue weighted by molar-refractivity contribution is 0.313. The highest BCUT2D eigenvalue weighted by atomic mass is 32.2. The Hall–Kier alpha value is -12.8. The highest BCUT2D eigenvalue weighted by Gasteiger charge is 2.39. The molecule has 7 fully saturated rings. The van der Waals surface area contributed by atoms with Gasteiger partial charge in [-0.2, -0.15) is 28.5 Å². The van der Waals surface area contributed by atoms with Crippen LogP contribution in [0, 0.1) is 27.7 Å². The number of aryl methyl sites for hydroxylation is 4. The third-order valence-electron chi connectivity index (χ3n) is 27.0. The van der Waals surface area contributed by atoms with Crippen molar-refractivity contribution in [1.82, 2.24) is 72.6 Å². The van der Waals surface area contributed by atoms with Gasteiger partial charge in [-0.3, -0.25) is 0 Å². The van der Waals surface area contributed by atoms with Gasteiger partial charge in [-0.1, -0.05) is 37.1 Å². The van der Waals surface area contributed by atoms with Gasteiger partial charge in [0.25, 0.3) is 0 Å². The highest BCUT2D eigenvalue weighted by Crippen LogP contribution is 2.37. The van der Waals surface area contributed by atoms with E-state index in [0.29, 0.717) is 87.8 Å². The molecule has 146 heavy (non-hydrogen) atoms. The Bertz CT molecular complexity index is 6890. The number of hydrogen-bond acceptors (Lipinski definition) is 31. The van der Waals surface area contributed by atoms with Crippen LogP contribution in [-0.4, -0.2) is 246 Å². The number of anilines is 20. The molecule has 39 heteroatoms. The predicted octanol–water partition coefficient (Wildman–Crippen LogP) is 18.0. The number of benzene rings is 8. The minimum atomic E-state index is -3.64. The number of rotatable bonds is 29. The molecule has 0 radical (unpaired) electrons. The van der Waals surface area contributed by atoms with Crippen LogP contribution < -0.4 is 71.6 Å². The number of aromatic nitrogens is 8. The first kappa shape index (κ1) is 106. The zero-order valence-electron chi connectivity index (χ0n) is 85.6. The van der Waals surface area contributed by atoms with E-state index in [0.717, 1.165) is 188 Å². The molecule has 7 aliphatic rings.